The van der Waals surface area contributed by atoms with Crippen LogP contribution in [0.4, 0.5) is 0 Å². The van der Waals surface area contributed by atoms with E-state index in [-0.39, 0.29) is 20.1 Å². The largest absolute Gasteiger partial charge is 0.500 e. The minimum Gasteiger partial charge on any atom is -0.500 e. The number of hydrogen-bond donors (Lipinski definition) is 0. The molecule has 0 saturated carbocycles. The van der Waals surface area contributed by atoms with Gasteiger partial charge in [-0.25, -0.2) is 0 Å². The summed E-state index contributed by atoms with van der Waals surface area (Å²) in [7, 11) is 0. The Morgan fingerprint density at radius 2 is 1.43 bits per heavy atom. The third-order valence-electron chi connectivity index (χ3n) is 6.95. The molecule has 187 valence electrons. The van der Waals surface area contributed by atoms with Crippen LogP contribution in [-0.2, 0) is 20.1 Å². The standard InChI is InChI=1S/C33H29N2O.Ir/c1-21(2)27-19-25(23-10-6-5-7-11-23)20-28(22(3)4)32(27)35-17-16-34-33(35)24-14-15-31-29(18-24)26-12-8-9-13-30(26)36-31;/h5-13,15-22H,1-4H3;/q-1;. The fourth-order valence-electron chi connectivity index (χ4n) is 5.12. The van der Waals surface area contributed by atoms with Gasteiger partial charge in [-0.2, -0.15) is 0 Å². The zero-order chi connectivity index (χ0) is 24.8. The molecule has 0 saturated heterocycles. The molecule has 0 unspecified atom stereocenters. The van der Waals surface area contributed by atoms with Crippen LogP contribution in [0.5, 0.6) is 0 Å². The molecule has 0 atom stereocenters. The molecule has 2 aromatic heterocycles. The zero-order valence-electron chi connectivity index (χ0n) is 21.5. The van der Waals surface area contributed by atoms with E-state index in [1.54, 1.807) is 0 Å². The van der Waals surface area contributed by atoms with Gasteiger partial charge in [-0.15, -0.1) is 23.8 Å². The van der Waals surface area contributed by atoms with Crippen LogP contribution in [0.15, 0.2) is 95.7 Å². The van der Waals surface area contributed by atoms with Gasteiger partial charge in [0.25, 0.3) is 0 Å². The Morgan fingerprint density at radius 1 is 0.757 bits per heavy atom. The van der Waals surface area contributed by atoms with E-state index in [1.165, 1.54) is 27.9 Å². The molecule has 0 fully saturated rings. The summed E-state index contributed by atoms with van der Waals surface area (Å²) in [5, 5.41) is 2.19. The van der Waals surface area contributed by atoms with Crippen molar-refractivity contribution in [1.29, 1.82) is 0 Å². The van der Waals surface area contributed by atoms with Crippen LogP contribution < -0.4 is 0 Å². The number of aromatic nitrogens is 2. The van der Waals surface area contributed by atoms with E-state index < -0.39 is 0 Å². The Hall–Kier alpha value is -3.46. The predicted octanol–water partition coefficient (Wildman–Crippen LogP) is 9.15. The SMILES string of the molecule is CC(C)c1cc(-c2ccccc2)cc(C(C)C)c1-n1ccnc1-c1[c-]cc2oc3ccccc3c2c1.[Ir]. The fourth-order valence-corrected chi connectivity index (χ4v) is 5.12. The third-order valence-corrected chi connectivity index (χ3v) is 6.95. The van der Waals surface area contributed by atoms with Crippen molar-refractivity contribution in [1.82, 2.24) is 9.55 Å². The van der Waals surface area contributed by atoms with Crippen molar-refractivity contribution in [2.45, 2.75) is 39.5 Å². The molecular formula is C33H29IrN2O-. The van der Waals surface area contributed by atoms with Crippen molar-refractivity contribution in [2.75, 3.05) is 0 Å². The number of para-hydroxylation sites is 1. The second-order valence-corrected chi connectivity index (χ2v) is 10.0. The Morgan fingerprint density at radius 3 is 2.14 bits per heavy atom. The molecule has 3 nitrogen and oxygen atoms in total. The third kappa shape index (κ3) is 4.45. The first kappa shape index (κ1) is 25.2. The number of furan rings is 1. The summed E-state index contributed by atoms with van der Waals surface area (Å²) in [6.45, 7) is 9.07. The Labute approximate surface area is 231 Å². The van der Waals surface area contributed by atoms with Gasteiger partial charge in [-0.05, 0) is 52.3 Å². The van der Waals surface area contributed by atoms with Gasteiger partial charge in [0.15, 0.2) is 0 Å². The molecule has 0 aliphatic heterocycles. The summed E-state index contributed by atoms with van der Waals surface area (Å²) in [5.41, 5.74) is 9.03. The first-order valence-electron chi connectivity index (χ1n) is 12.6. The van der Waals surface area contributed by atoms with Crippen molar-refractivity contribution >= 4 is 21.9 Å². The van der Waals surface area contributed by atoms with Crippen molar-refractivity contribution < 1.29 is 24.5 Å². The summed E-state index contributed by atoms with van der Waals surface area (Å²) in [5.74, 6) is 1.58. The molecule has 37 heavy (non-hydrogen) atoms. The van der Waals surface area contributed by atoms with E-state index in [0.717, 1.165) is 33.3 Å². The van der Waals surface area contributed by atoms with E-state index in [1.807, 2.05) is 30.5 Å². The van der Waals surface area contributed by atoms with Gasteiger partial charge in [-0.3, -0.25) is 4.98 Å². The van der Waals surface area contributed by atoms with Crippen LogP contribution in [0.1, 0.15) is 50.7 Å². The fraction of sp³-hybridized carbons (Fsp3) is 0.182. The molecular weight excluding hydrogens is 633 g/mol. The Kier molecular flexibility index (Phi) is 6.90. The molecule has 6 aromatic rings. The van der Waals surface area contributed by atoms with E-state index in [4.69, 9.17) is 9.40 Å². The number of nitrogens with zero attached hydrogens (tertiary/aromatic N) is 2. The van der Waals surface area contributed by atoms with Gasteiger partial charge in [0.1, 0.15) is 5.58 Å². The molecule has 0 bridgehead atoms. The monoisotopic (exact) mass is 662 g/mol. The average Bonchev–Trinajstić information content (AvgIpc) is 3.53. The van der Waals surface area contributed by atoms with Crippen LogP contribution in [0.25, 0.3) is 50.1 Å². The maximum Gasteiger partial charge on any atom is 0.120 e. The quantitative estimate of drug-likeness (QED) is 0.173. The topological polar surface area (TPSA) is 31.0 Å². The molecule has 1 radical (unpaired) electrons. The summed E-state index contributed by atoms with van der Waals surface area (Å²) < 4.78 is 8.29. The summed E-state index contributed by atoms with van der Waals surface area (Å²) in [6.07, 6.45) is 3.97. The normalized spacial score (nSPS) is 11.5. The van der Waals surface area contributed by atoms with Crippen molar-refractivity contribution in [3.63, 3.8) is 0 Å². The minimum atomic E-state index is 0. The molecule has 0 aliphatic rings. The van der Waals surface area contributed by atoms with E-state index >= 15 is 0 Å². The molecule has 4 aromatic carbocycles. The molecule has 2 heterocycles. The second-order valence-electron chi connectivity index (χ2n) is 10.0. The second kappa shape index (κ2) is 10.1. The molecule has 0 N–H and O–H groups in total. The van der Waals surface area contributed by atoms with Gasteiger partial charge in [0.2, 0.25) is 0 Å². The summed E-state index contributed by atoms with van der Waals surface area (Å²) >= 11 is 0. The van der Waals surface area contributed by atoms with Gasteiger partial charge < -0.3 is 8.98 Å². The van der Waals surface area contributed by atoms with Gasteiger partial charge >= 0.3 is 0 Å². The zero-order valence-corrected chi connectivity index (χ0v) is 23.8. The molecule has 4 heteroatoms. The van der Waals surface area contributed by atoms with Crippen molar-refractivity contribution in [3.8, 4) is 28.2 Å². The Balaban J connectivity index is 0.00000280. The first-order valence-corrected chi connectivity index (χ1v) is 12.6. The number of imidazole rings is 1. The number of hydrogen-bond acceptors (Lipinski definition) is 2. The number of benzene rings is 4. The molecule has 6 rings (SSSR count). The minimum absolute atomic E-state index is 0. The Bertz CT molecular complexity index is 1660. The van der Waals surface area contributed by atoms with Crippen molar-refractivity contribution in [2.24, 2.45) is 0 Å². The summed E-state index contributed by atoms with van der Waals surface area (Å²) in [4.78, 5) is 4.82. The van der Waals surface area contributed by atoms with Crippen LogP contribution in [0.3, 0.4) is 0 Å². The van der Waals surface area contributed by atoms with E-state index in [2.05, 4.69) is 99.1 Å². The predicted molar refractivity (Wildman–Crippen MR) is 149 cm³/mol. The summed E-state index contributed by atoms with van der Waals surface area (Å²) in [6, 6.07) is 31.0. The van der Waals surface area contributed by atoms with E-state index in [0.29, 0.717) is 11.8 Å². The van der Waals surface area contributed by atoms with Crippen molar-refractivity contribution in [3.05, 3.63) is 108 Å². The van der Waals surface area contributed by atoms with Gasteiger partial charge in [0, 0.05) is 43.6 Å². The maximum absolute atomic E-state index is 6.04. The van der Waals surface area contributed by atoms with Crippen LogP contribution in [-0.4, -0.2) is 9.55 Å². The van der Waals surface area contributed by atoms with Gasteiger partial charge in [0.05, 0.1) is 11.4 Å². The molecule has 0 spiro atoms. The van der Waals surface area contributed by atoms with Crippen LogP contribution >= 0.6 is 0 Å². The van der Waals surface area contributed by atoms with E-state index in [9.17, 15) is 0 Å². The average molecular weight is 662 g/mol. The molecule has 0 aliphatic carbocycles. The molecule has 0 amide bonds. The first-order chi connectivity index (χ1) is 17.5. The number of rotatable bonds is 5. The van der Waals surface area contributed by atoms with Crippen LogP contribution in [0.2, 0.25) is 0 Å². The smallest absolute Gasteiger partial charge is 0.120 e. The number of fused-ring (bicyclic) bond motifs is 3. The van der Waals surface area contributed by atoms with Gasteiger partial charge in [-0.1, -0.05) is 81.6 Å². The van der Waals surface area contributed by atoms with Crippen LogP contribution in [0, 0.1) is 6.07 Å². The maximum atomic E-state index is 6.04.